The van der Waals surface area contributed by atoms with Gasteiger partial charge in [-0.3, -0.25) is 0 Å². The molecule has 2 N–H and O–H groups in total. The maximum absolute atomic E-state index is 13.8. The third kappa shape index (κ3) is 4.97. The van der Waals surface area contributed by atoms with Crippen molar-refractivity contribution in [2.75, 3.05) is 0 Å². The van der Waals surface area contributed by atoms with E-state index >= 15 is 0 Å². The molecule has 0 amide bonds. The van der Waals surface area contributed by atoms with E-state index < -0.39 is 16.1 Å². The molecule has 4 aromatic carbocycles. The van der Waals surface area contributed by atoms with Crippen LogP contribution in [-0.4, -0.2) is 14.1 Å². The Kier molecular flexibility index (Phi) is 6.99. The third-order valence-electron chi connectivity index (χ3n) is 6.32. The summed E-state index contributed by atoms with van der Waals surface area (Å²) in [5, 5.41) is 7.50. The Labute approximate surface area is 225 Å². The van der Waals surface area contributed by atoms with Crippen LogP contribution in [0.4, 0.5) is 0 Å². The van der Waals surface area contributed by atoms with Crippen LogP contribution in [0.25, 0.3) is 10.8 Å². The molecule has 0 aliphatic carbocycles. The van der Waals surface area contributed by atoms with Crippen molar-refractivity contribution in [2.24, 2.45) is 5.10 Å². The largest absolute Gasteiger partial charge is 0.302 e. The number of rotatable bonds is 6. The van der Waals surface area contributed by atoms with Gasteiger partial charge in [-0.15, -0.1) is 0 Å². The van der Waals surface area contributed by atoms with Crippen LogP contribution >= 0.6 is 34.8 Å². The summed E-state index contributed by atoms with van der Waals surface area (Å²) in [6, 6.07) is 22.4. The van der Waals surface area contributed by atoms with Crippen LogP contribution in [0.3, 0.4) is 0 Å². The molecule has 9 heteroatoms. The number of benzene rings is 4. The quantitative estimate of drug-likeness (QED) is 0.262. The first-order valence-corrected chi connectivity index (χ1v) is 13.9. The van der Waals surface area contributed by atoms with Crippen molar-refractivity contribution in [2.45, 2.75) is 30.3 Å². The first-order valence-electron chi connectivity index (χ1n) is 11.3. The molecule has 0 saturated carbocycles. The van der Waals surface area contributed by atoms with Gasteiger partial charge in [0.2, 0.25) is 10.0 Å². The Balaban J connectivity index is 1.54. The second-order valence-electron chi connectivity index (χ2n) is 8.69. The zero-order valence-corrected chi connectivity index (χ0v) is 22.3. The summed E-state index contributed by atoms with van der Waals surface area (Å²) in [5.74, 6) is 0. The van der Waals surface area contributed by atoms with Crippen LogP contribution < -0.4 is 10.1 Å². The van der Waals surface area contributed by atoms with Crippen LogP contribution in [0.1, 0.15) is 35.2 Å². The van der Waals surface area contributed by atoms with Gasteiger partial charge in [0.1, 0.15) is 0 Å². The van der Waals surface area contributed by atoms with Gasteiger partial charge in [0.25, 0.3) is 0 Å². The number of fused-ring (bicyclic) bond motifs is 1. The fourth-order valence-electron chi connectivity index (χ4n) is 4.45. The van der Waals surface area contributed by atoms with E-state index in [9.17, 15) is 8.42 Å². The van der Waals surface area contributed by atoms with E-state index in [1.807, 2.05) is 61.5 Å². The molecule has 184 valence electrons. The topological polar surface area (TPSA) is 70.6 Å². The monoisotopic (exact) mass is 557 g/mol. The molecule has 2 atom stereocenters. The van der Waals surface area contributed by atoms with Gasteiger partial charge in [-0.05, 0) is 59.3 Å². The minimum Gasteiger partial charge on any atom is -0.302 e. The lowest BCUT2D eigenvalue weighted by atomic mass is 9.96. The molecular weight excluding hydrogens is 537 g/mol. The fraction of sp³-hybridized carbons (Fsp3) is 0.148. The van der Waals surface area contributed by atoms with Gasteiger partial charge < -0.3 is 5.43 Å². The molecule has 36 heavy (non-hydrogen) atoms. The van der Waals surface area contributed by atoms with Crippen molar-refractivity contribution in [3.63, 3.8) is 0 Å². The van der Waals surface area contributed by atoms with Gasteiger partial charge in [0, 0.05) is 26.9 Å². The van der Waals surface area contributed by atoms with Crippen LogP contribution in [0, 0.1) is 6.92 Å². The van der Waals surface area contributed by atoms with E-state index in [2.05, 4.69) is 15.2 Å². The molecule has 4 aromatic rings. The van der Waals surface area contributed by atoms with E-state index in [-0.39, 0.29) is 10.9 Å². The molecular formula is C27H22Cl3N3O2S. The summed E-state index contributed by atoms with van der Waals surface area (Å²) in [5.41, 5.74) is 6.29. The Morgan fingerprint density at radius 3 is 2.33 bits per heavy atom. The Morgan fingerprint density at radius 1 is 0.917 bits per heavy atom. The Bertz CT molecular complexity index is 1590. The van der Waals surface area contributed by atoms with Gasteiger partial charge in [0.05, 0.1) is 22.7 Å². The molecule has 0 saturated heterocycles. The lowest BCUT2D eigenvalue weighted by molar-refractivity contribution is 0.577. The highest BCUT2D eigenvalue weighted by Crippen LogP contribution is 2.34. The molecule has 1 aliphatic heterocycles. The van der Waals surface area contributed by atoms with E-state index in [4.69, 9.17) is 34.8 Å². The van der Waals surface area contributed by atoms with Gasteiger partial charge in [-0.25, -0.2) is 8.42 Å². The highest BCUT2D eigenvalue weighted by molar-refractivity contribution is 7.89. The van der Waals surface area contributed by atoms with Crippen molar-refractivity contribution in [1.82, 2.24) is 10.1 Å². The summed E-state index contributed by atoms with van der Waals surface area (Å²) in [7, 11) is -3.97. The summed E-state index contributed by atoms with van der Waals surface area (Å²) in [6.07, 6.45) is 0.475. The number of hydrazone groups is 1. The molecule has 0 spiro atoms. The van der Waals surface area contributed by atoms with Gasteiger partial charge in [0.15, 0.2) is 0 Å². The highest BCUT2D eigenvalue weighted by Gasteiger charge is 2.33. The molecule has 0 fully saturated rings. The number of sulfonamides is 1. The lowest BCUT2D eigenvalue weighted by Gasteiger charge is -2.21. The number of nitrogens with one attached hydrogen (secondary N) is 2. The zero-order valence-electron chi connectivity index (χ0n) is 19.2. The average molecular weight is 559 g/mol. The average Bonchev–Trinajstić information content (AvgIpc) is 3.34. The van der Waals surface area contributed by atoms with Crippen molar-refractivity contribution < 1.29 is 8.42 Å². The summed E-state index contributed by atoms with van der Waals surface area (Å²) >= 11 is 18.7. The number of halogens is 3. The lowest BCUT2D eigenvalue weighted by Crippen LogP contribution is -2.34. The van der Waals surface area contributed by atoms with Crippen molar-refractivity contribution >= 4 is 61.3 Å². The highest BCUT2D eigenvalue weighted by atomic mass is 35.5. The van der Waals surface area contributed by atoms with Gasteiger partial charge in [-0.1, -0.05) is 83.3 Å². The van der Waals surface area contributed by atoms with E-state index in [0.29, 0.717) is 38.2 Å². The fourth-order valence-corrected chi connectivity index (χ4v) is 6.51. The normalized spacial score (nSPS) is 16.6. The Hall–Kier alpha value is -2.61. The number of hydrogen-bond acceptors (Lipinski definition) is 4. The minimum absolute atomic E-state index is 0.129. The molecule has 2 unspecified atom stereocenters. The third-order valence-corrected chi connectivity index (χ3v) is 8.62. The van der Waals surface area contributed by atoms with Crippen molar-refractivity contribution in [1.29, 1.82) is 0 Å². The molecule has 1 heterocycles. The van der Waals surface area contributed by atoms with Gasteiger partial charge >= 0.3 is 0 Å². The minimum atomic E-state index is -3.97. The molecule has 0 radical (unpaired) electrons. The number of aryl methyl sites for hydroxylation is 1. The number of hydrogen-bond donors (Lipinski definition) is 2. The SMILES string of the molecule is Cc1ccc(S(=O)(=O)NC(C2=NNC(c3ccc(Cl)cc3)C2)c2ccc(Cl)cc2Cl)c2ccccc12. The van der Waals surface area contributed by atoms with Crippen molar-refractivity contribution in [3.8, 4) is 0 Å². The zero-order chi connectivity index (χ0) is 25.4. The maximum Gasteiger partial charge on any atom is 0.242 e. The summed E-state index contributed by atoms with van der Waals surface area (Å²) in [6.45, 7) is 1.96. The second kappa shape index (κ2) is 10.0. The molecule has 1 aliphatic rings. The van der Waals surface area contributed by atoms with Gasteiger partial charge in [-0.2, -0.15) is 9.82 Å². The van der Waals surface area contributed by atoms with E-state index in [1.165, 1.54) is 0 Å². The van der Waals surface area contributed by atoms with Crippen molar-refractivity contribution in [3.05, 3.63) is 111 Å². The molecule has 5 nitrogen and oxygen atoms in total. The second-order valence-corrected chi connectivity index (χ2v) is 11.6. The predicted molar refractivity (Wildman–Crippen MR) is 148 cm³/mol. The van der Waals surface area contributed by atoms with E-state index in [0.717, 1.165) is 16.5 Å². The first-order chi connectivity index (χ1) is 17.2. The molecule has 0 aromatic heterocycles. The first kappa shape index (κ1) is 25.1. The summed E-state index contributed by atoms with van der Waals surface area (Å²) < 4.78 is 30.5. The van der Waals surface area contributed by atoms with Crippen LogP contribution in [0.15, 0.2) is 88.9 Å². The standard InChI is InChI=1S/C27H22Cl3N3O2S/c1-16-6-13-26(21-5-3-2-4-20(16)21)36(34,35)33-27(22-12-11-19(29)14-23(22)30)25-15-24(31-32-25)17-7-9-18(28)10-8-17/h2-14,24,27,31,33H,15H2,1H3. The van der Waals surface area contributed by atoms with Crippen LogP contribution in [0.5, 0.6) is 0 Å². The van der Waals surface area contributed by atoms with E-state index in [1.54, 1.807) is 24.3 Å². The number of nitrogens with zero attached hydrogens (tertiary/aromatic N) is 1. The smallest absolute Gasteiger partial charge is 0.242 e. The summed E-state index contributed by atoms with van der Waals surface area (Å²) in [4.78, 5) is 0.194. The van der Waals surface area contributed by atoms with Crippen LogP contribution in [0.2, 0.25) is 15.1 Å². The predicted octanol–water partition coefficient (Wildman–Crippen LogP) is 7.22. The maximum atomic E-state index is 13.8. The van der Waals surface area contributed by atoms with Crippen LogP contribution in [-0.2, 0) is 10.0 Å². The molecule has 0 bridgehead atoms. The Morgan fingerprint density at radius 2 is 1.61 bits per heavy atom. The molecule has 5 rings (SSSR count).